The van der Waals surface area contributed by atoms with Crippen LogP contribution in [0.2, 0.25) is 0 Å². The van der Waals surface area contributed by atoms with Gasteiger partial charge < -0.3 is 0 Å². The molecular weight excluding hydrogens is 270 g/mol. The Morgan fingerprint density at radius 2 is 2.00 bits per heavy atom. The van der Waals surface area contributed by atoms with Crippen LogP contribution in [0.25, 0.3) is 23.1 Å². The first-order valence-corrected chi connectivity index (χ1v) is 7.01. The van der Waals surface area contributed by atoms with Crippen LogP contribution >= 0.6 is 11.6 Å². The molecule has 100 valence electrons. The molecule has 2 aromatic heterocycles. The molecule has 0 saturated carbocycles. The zero-order valence-electron chi connectivity index (χ0n) is 10.9. The first-order valence-electron chi connectivity index (χ1n) is 6.47. The molecule has 1 aromatic carbocycles. The number of hydrogen-bond donors (Lipinski definition) is 0. The molecule has 2 heterocycles. The van der Waals surface area contributed by atoms with Gasteiger partial charge in [-0.1, -0.05) is 24.3 Å². The molecule has 0 aliphatic rings. The Kier molecular flexibility index (Phi) is 3.79. The van der Waals surface area contributed by atoms with Crippen LogP contribution in [-0.4, -0.2) is 20.6 Å². The molecular formula is C16H14ClN3. The normalized spacial score (nSPS) is 11.4. The van der Waals surface area contributed by atoms with Crippen molar-refractivity contribution in [1.82, 2.24) is 14.8 Å². The maximum Gasteiger partial charge on any atom is 0.0709 e. The zero-order valence-corrected chi connectivity index (χ0v) is 11.7. The van der Waals surface area contributed by atoms with Crippen molar-refractivity contribution >= 4 is 34.7 Å². The van der Waals surface area contributed by atoms with Gasteiger partial charge in [-0.25, -0.2) is 4.98 Å². The van der Waals surface area contributed by atoms with E-state index in [1.165, 1.54) is 0 Å². The van der Waals surface area contributed by atoms with Gasteiger partial charge in [-0.05, 0) is 24.3 Å². The number of pyridine rings is 1. The molecule has 0 saturated heterocycles. The average Bonchev–Trinajstić information content (AvgIpc) is 2.93. The summed E-state index contributed by atoms with van der Waals surface area (Å²) < 4.78 is 1.83. The lowest BCUT2D eigenvalue weighted by Crippen LogP contribution is -1.98. The zero-order chi connectivity index (χ0) is 13.8. The number of nitrogens with zero attached hydrogens (tertiary/aromatic N) is 3. The molecule has 0 aliphatic carbocycles. The van der Waals surface area contributed by atoms with Crippen molar-refractivity contribution in [3.05, 3.63) is 60.0 Å². The highest BCUT2D eigenvalue weighted by Gasteiger charge is 1.96. The third-order valence-electron chi connectivity index (χ3n) is 3.03. The van der Waals surface area contributed by atoms with Gasteiger partial charge in [0.1, 0.15) is 0 Å². The number of para-hydroxylation sites is 1. The Bertz CT molecular complexity index is 746. The van der Waals surface area contributed by atoms with Gasteiger partial charge in [-0.2, -0.15) is 5.10 Å². The van der Waals surface area contributed by atoms with Gasteiger partial charge >= 0.3 is 0 Å². The molecule has 0 fully saturated rings. The average molecular weight is 284 g/mol. The van der Waals surface area contributed by atoms with E-state index >= 15 is 0 Å². The fourth-order valence-electron chi connectivity index (χ4n) is 2.03. The van der Waals surface area contributed by atoms with Crippen molar-refractivity contribution in [2.75, 3.05) is 5.88 Å². The standard InChI is InChI=1S/C16H14ClN3/c17-9-10-20-12-13(11-18-20)5-7-15-8-6-14-3-1-2-4-16(14)19-15/h1-8,11-12H,9-10H2/b7-5+. The monoisotopic (exact) mass is 283 g/mol. The van der Waals surface area contributed by atoms with Crippen LogP contribution in [0.3, 0.4) is 0 Å². The lowest BCUT2D eigenvalue weighted by molar-refractivity contribution is 0.664. The smallest absolute Gasteiger partial charge is 0.0709 e. The van der Waals surface area contributed by atoms with Crippen LogP contribution < -0.4 is 0 Å². The molecule has 0 bridgehead atoms. The van der Waals surface area contributed by atoms with Crippen LogP contribution in [0.1, 0.15) is 11.3 Å². The lowest BCUT2D eigenvalue weighted by atomic mass is 10.2. The molecule has 3 aromatic rings. The molecule has 0 amide bonds. The summed E-state index contributed by atoms with van der Waals surface area (Å²) in [5.41, 5.74) is 2.99. The van der Waals surface area contributed by atoms with E-state index in [1.54, 1.807) is 0 Å². The number of fused-ring (bicyclic) bond motifs is 1. The number of alkyl halides is 1. The summed E-state index contributed by atoms with van der Waals surface area (Å²) >= 11 is 5.68. The van der Waals surface area contributed by atoms with E-state index < -0.39 is 0 Å². The second-order valence-electron chi connectivity index (χ2n) is 4.49. The SMILES string of the molecule is ClCCn1cc(/C=C/c2ccc3ccccc3n2)cn1. The van der Waals surface area contributed by atoms with E-state index in [0.717, 1.165) is 28.7 Å². The summed E-state index contributed by atoms with van der Waals surface area (Å²) in [6, 6.07) is 12.2. The van der Waals surface area contributed by atoms with Gasteiger partial charge in [0.2, 0.25) is 0 Å². The minimum Gasteiger partial charge on any atom is -0.271 e. The van der Waals surface area contributed by atoms with Crippen LogP contribution in [0.15, 0.2) is 48.8 Å². The Morgan fingerprint density at radius 1 is 1.10 bits per heavy atom. The third-order valence-corrected chi connectivity index (χ3v) is 3.20. The van der Waals surface area contributed by atoms with E-state index in [2.05, 4.69) is 22.2 Å². The highest BCUT2D eigenvalue weighted by molar-refractivity contribution is 6.17. The van der Waals surface area contributed by atoms with Gasteiger partial charge in [0.15, 0.2) is 0 Å². The van der Waals surface area contributed by atoms with E-state index in [0.29, 0.717) is 5.88 Å². The summed E-state index contributed by atoms with van der Waals surface area (Å²) in [6.45, 7) is 0.726. The Balaban J connectivity index is 1.82. The Hall–Kier alpha value is -2.13. The van der Waals surface area contributed by atoms with Crippen molar-refractivity contribution in [1.29, 1.82) is 0 Å². The summed E-state index contributed by atoms with van der Waals surface area (Å²) in [5.74, 6) is 0.567. The van der Waals surface area contributed by atoms with Crippen LogP contribution in [-0.2, 0) is 6.54 Å². The van der Waals surface area contributed by atoms with Crippen molar-refractivity contribution < 1.29 is 0 Å². The molecule has 0 N–H and O–H groups in total. The minimum atomic E-state index is 0.567. The van der Waals surface area contributed by atoms with Crippen molar-refractivity contribution in [3.8, 4) is 0 Å². The molecule has 0 unspecified atom stereocenters. The molecule has 4 heteroatoms. The fraction of sp³-hybridized carbons (Fsp3) is 0.125. The highest BCUT2D eigenvalue weighted by Crippen LogP contribution is 2.13. The molecule has 3 rings (SSSR count). The molecule has 3 nitrogen and oxygen atoms in total. The number of halogens is 1. The molecule has 20 heavy (non-hydrogen) atoms. The van der Waals surface area contributed by atoms with Gasteiger partial charge in [0.25, 0.3) is 0 Å². The lowest BCUT2D eigenvalue weighted by Gasteiger charge is -1.97. The highest BCUT2D eigenvalue weighted by atomic mass is 35.5. The number of hydrogen-bond acceptors (Lipinski definition) is 2. The number of rotatable bonds is 4. The number of aryl methyl sites for hydroxylation is 1. The predicted octanol–water partition coefficient (Wildman–Crippen LogP) is 3.84. The van der Waals surface area contributed by atoms with E-state index in [-0.39, 0.29) is 0 Å². The van der Waals surface area contributed by atoms with Crippen LogP contribution in [0.5, 0.6) is 0 Å². The fourth-order valence-corrected chi connectivity index (χ4v) is 2.20. The van der Waals surface area contributed by atoms with Gasteiger partial charge in [0, 0.05) is 23.0 Å². The van der Waals surface area contributed by atoms with Gasteiger partial charge in [-0.15, -0.1) is 11.6 Å². The second-order valence-corrected chi connectivity index (χ2v) is 4.87. The van der Waals surface area contributed by atoms with E-state index in [4.69, 9.17) is 11.6 Å². The van der Waals surface area contributed by atoms with Crippen molar-refractivity contribution in [2.45, 2.75) is 6.54 Å². The third kappa shape index (κ3) is 2.89. The van der Waals surface area contributed by atoms with E-state index in [9.17, 15) is 0 Å². The topological polar surface area (TPSA) is 30.7 Å². The molecule has 0 spiro atoms. The maximum atomic E-state index is 5.68. The first-order chi connectivity index (χ1) is 9.85. The maximum absolute atomic E-state index is 5.68. The Morgan fingerprint density at radius 3 is 2.90 bits per heavy atom. The number of aromatic nitrogens is 3. The minimum absolute atomic E-state index is 0.567. The largest absolute Gasteiger partial charge is 0.271 e. The van der Waals surface area contributed by atoms with Gasteiger partial charge in [0.05, 0.1) is 24.0 Å². The first kappa shape index (κ1) is 12.9. The summed E-state index contributed by atoms with van der Waals surface area (Å²) in [4.78, 5) is 4.60. The van der Waals surface area contributed by atoms with Crippen LogP contribution in [0.4, 0.5) is 0 Å². The molecule has 0 aliphatic heterocycles. The second kappa shape index (κ2) is 5.88. The van der Waals surface area contributed by atoms with Gasteiger partial charge in [-0.3, -0.25) is 4.68 Å². The van der Waals surface area contributed by atoms with Crippen molar-refractivity contribution in [2.24, 2.45) is 0 Å². The van der Waals surface area contributed by atoms with Crippen molar-refractivity contribution in [3.63, 3.8) is 0 Å². The summed E-state index contributed by atoms with van der Waals surface area (Å²) in [5, 5.41) is 5.38. The predicted molar refractivity (Wildman–Crippen MR) is 83.6 cm³/mol. The Labute approximate surface area is 122 Å². The molecule has 0 atom stereocenters. The number of benzene rings is 1. The quantitative estimate of drug-likeness (QED) is 0.681. The molecule has 0 radical (unpaired) electrons. The van der Waals surface area contributed by atoms with E-state index in [1.807, 2.05) is 53.5 Å². The van der Waals surface area contributed by atoms with Crippen LogP contribution in [0, 0.1) is 0 Å². The summed E-state index contributed by atoms with van der Waals surface area (Å²) in [6.07, 6.45) is 7.80. The summed E-state index contributed by atoms with van der Waals surface area (Å²) in [7, 11) is 0.